The molecule has 2 N–H and O–H groups in total. The van der Waals surface area contributed by atoms with Crippen LogP contribution in [-0.4, -0.2) is 28.5 Å². The number of aryl methyl sites for hydroxylation is 2. The van der Waals surface area contributed by atoms with Crippen molar-refractivity contribution in [2.75, 3.05) is 17.7 Å². The van der Waals surface area contributed by atoms with Crippen molar-refractivity contribution in [2.45, 2.75) is 51.5 Å². The minimum absolute atomic E-state index is 0.0506. The summed E-state index contributed by atoms with van der Waals surface area (Å²) in [5.74, 6) is 1.65. The molecule has 1 aromatic heterocycles. The smallest absolute Gasteiger partial charge is 0.224 e. The molecule has 2 heterocycles. The molecule has 172 valence electrons. The topological polar surface area (TPSA) is 85.2 Å². The van der Waals surface area contributed by atoms with E-state index < -0.39 is 0 Å². The van der Waals surface area contributed by atoms with E-state index in [1.165, 1.54) is 12.8 Å². The second-order valence-corrected chi connectivity index (χ2v) is 8.27. The summed E-state index contributed by atoms with van der Waals surface area (Å²) < 4.78 is 7.48. The highest BCUT2D eigenvalue weighted by Gasteiger charge is 2.13. The van der Waals surface area contributed by atoms with Gasteiger partial charge in [0.15, 0.2) is 0 Å². The van der Waals surface area contributed by atoms with Gasteiger partial charge < -0.3 is 19.9 Å². The van der Waals surface area contributed by atoms with Crippen LogP contribution in [0.4, 0.5) is 11.4 Å². The molecule has 0 fully saturated rings. The Balaban J connectivity index is 1.19. The zero-order chi connectivity index (χ0) is 23.0. The van der Waals surface area contributed by atoms with Crippen molar-refractivity contribution in [3.63, 3.8) is 0 Å². The fourth-order valence-corrected chi connectivity index (χ4v) is 4.03. The summed E-state index contributed by atoms with van der Waals surface area (Å²) in [6, 6.07) is 15.1. The molecule has 4 rings (SSSR count). The van der Waals surface area contributed by atoms with E-state index in [2.05, 4.69) is 21.4 Å². The summed E-state index contributed by atoms with van der Waals surface area (Å²) in [4.78, 5) is 29.2. The van der Waals surface area contributed by atoms with Crippen molar-refractivity contribution in [1.29, 1.82) is 0 Å². The number of fused-ring (bicyclic) bond motifs is 1. The summed E-state index contributed by atoms with van der Waals surface area (Å²) in [5.41, 5.74) is 3.45. The third-order valence-electron chi connectivity index (χ3n) is 5.81. The first-order valence-corrected chi connectivity index (χ1v) is 11.5. The average molecular weight is 447 g/mol. The minimum Gasteiger partial charge on any atom is -0.495 e. The van der Waals surface area contributed by atoms with Gasteiger partial charge in [-0.05, 0) is 49.9 Å². The number of carbonyl (C=O) groups is 2. The number of para-hydroxylation sites is 2. The maximum Gasteiger partial charge on any atom is 0.224 e. The lowest BCUT2D eigenvalue weighted by Gasteiger charge is -2.11. The van der Waals surface area contributed by atoms with Crippen LogP contribution in [0.3, 0.4) is 0 Å². The Hall–Kier alpha value is -3.61. The normalized spacial score (nSPS) is 12.6. The highest BCUT2D eigenvalue weighted by Crippen LogP contribution is 2.25. The van der Waals surface area contributed by atoms with Crippen LogP contribution in [-0.2, 0) is 22.6 Å². The van der Waals surface area contributed by atoms with Gasteiger partial charge in [0.2, 0.25) is 11.8 Å². The molecule has 1 aliphatic heterocycles. The van der Waals surface area contributed by atoms with E-state index in [-0.39, 0.29) is 11.8 Å². The summed E-state index contributed by atoms with van der Waals surface area (Å²) in [6.07, 6.45) is 7.57. The zero-order valence-corrected chi connectivity index (χ0v) is 19.0. The standard InChI is InChI=1S/C26H30N4O3/c1-33-23-9-3-2-8-21(23)29-26(32)12-5-4-11-25(31)27-20-15-13-19(14-16-20)22-18-30-17-7-6-10-24(30)28-22/h2-3,8-9,13-16,18H,4-7,10-12,17H2,1H3,(H,27,31)(H,29,32). The minimum atomic E-state index is -0.0866. The molecule has 2 aromatic carbocycles. The predicted molar refractivity (Wildman–Crippen MR) is 129 cm³/mol. The fourth-order valence-electron chi connectivity index (χ4n) is 4.03. The van der Waals surface area contributed by atoms with E-state index in [1.54, 1.807) is 19.2 Å². The molecule has 0 saturated carbocycles. The maximum atomic E-state index is 12.3. The summed E-state index contributed by atoms with van der Waals surface area (Å²) in [7, 11) is 1.57. The number of nitrogens with zero attached hydrogens (tertiary/aromatic N) is 2. The van der Waals surface area contributed by atoms with Crippen LogP contribution in [0.1, 0.15) is 44.3 Å². The van der Waals surface area contributed by atoms with E-state index in [0.29, 0.717) is 37.1 Å². The van der Waals surface area contributed by atoms with Crippen molar-refractivity contribution in [3.8, 4) is 17.0 Å². The highest BCUT2D eigenvalue weighted by molar-refractivity contribution is 5.92. The van der Waals surface area contributed by atoms with Gasteiger partial charge in [-0.1, -0.05) is 24.3 Å². The van der Waals surface area contributed by atoms with Crippen molar-refractivity contribution in [2.24, 2.45) is 0 Å². The van der Waals surface area contributed by atoms with Gasteiger partial charge in [-0.25, -0.2) is 4.98 Å². The molecule has 7 heteroatoms. The number of unbranched alkanes of at least 4 members (excludes halogenated alkanes) is 1. The summed E-state index contributed by atoms with van der Waals surface area (Å²) in [6.45, 7) is 1.04. The lowest BCUT2D eigenvalue weighted by Crippen LogP contribution is -2.13. The van der Waals surface area contributed by atoms with E-state index in [1.807, 2.05) is 36.4 Å². The maximum absolute atomic E-state index is 12.3. The molecule has 33 heavy (non-hydrogen) atoms. The van der Waals surface area contributed by atoms with Crippen LogP contribution in [0.15, 0.2) is 54.7 Å². The molecule has 3 aromatic rings. The number of carbonyl (C=O) groups excluding carboxylic acids is 2. The SMILES string of the molecule is COc1ccccc1NC(=O)CCCCC(=O)Nc1ccc(-c2cn3c(n2)CCCC3)cc1. The van der Waals surface area contributed by atoms with E-state index >= 15 is 0 Å². The van der Waals surface area contributed by atoms with Gasteiger partial charge in [-0.2, -0.15) is 0 Å². The first kappa shape index (κ1) is 22.6. The fraction of sp³-hybridized carbons (Fsp3) is 0.346. The predicted octanol–water partition coefficient (Wildman–Crippen LogP) is 5.03. The monoisotopic (exact) mass is 446 g/mol. The van der Waals surface area contributed by atoms with Crippen LogP contribution >= 0.6 is 0 Å². The van der Waals surface area contributed by atoms with Crippen LogP contribution in [0.2, 0.25) is 0 Å². The number of nitrogens with one attached hydrogen (secondary N) is 2. The van der Waals surface area contributed by atoms with Crippen molar-refractivity contribution >= 4 is 23.2 Å². The van der Waals surface area contributed by atoms with Gasteiger partial charge in [0.25, 0.3) is 0 Å². The number of amides is 2. The number of hydrogen-bond donors (Lipinski definition) is 2. The molecular weight excluding hydrogens is 416 g/mol. The molecule has 1 aliphatic rings. The van der Waals surface area contributed by atoms with E-state index in [9.17, 15) is 9.59 Å². The van der Waals surface area contributed by atoms with Crippen LogP contribution in [0.5, 0.6) is 5.75 Å². The van der Waals surface area contributed by atoms with Crippen LogP contribution in [0.25, 0.3) is 11.3 Å². The number of methoxy groups -OCH3 is 1. The molecule has 7 nitrogen and oxygen atoms in total. The van der Waals surface area contributed by atoms with E-state index in [4.69, 9.17) is 9.72 Å². The van der Waals surface area contributed by atoms with Gasteiger partial charge in [0.1, 0.15) is 11.6 Å². The quantitative estimate of drug-likeness (QED) is 0.451. The number of rotatable bonds is 9. The van der Waals surface area contributed by atoms with Gasteiger partial charge in [0, 0.05) is 43.3 Å². The molecule has 0 atom stereocenters. The first-order valence-electron chi connectivity index (χ1n) is 11.5. The Labute approximate surface area is 194 Å². The molecule has 0 unspecified atom stereocenters. The largest absolute Gasteiger partial charge is 0.495 e. The Morgan fingerprint density at radius 2 is 1.70 bits per heavy atom. The van der Waals surface area contributed by atoms with Gasteiger partial charge in [-0.15, -0.1) is 0 Å². The van der Waals surface area contributed by atoms with Gasteiger partial charge in [-0.3, -0.25) is 9.59 Å². The summed E-state index contributed by atoms with van der Waals surface area (Å²) in [5, 5.41) is 5.78. The summed E-state index contributed by atoms with van der Waals surface area (Å²) >= 11 is 0. The molecule has 0 spiro atoms. The number of aromatic nitrogens is 2. The zero-order valence-electron chi connectivity index (χ0n) is 19.0. The van der Waals surface area contributed by atoms with Crippen molar-refractivity contribution < 1.29 is 14.3 Å². The van der Waals surface area contributed by atoms with Crippen LogP contribution in [0, 0.1) is 0 Å². The Morgan fingerprint density at radius 3 is 2.42 bits per heavy atom. The number of benzene rings is 2. The van der Waals surface area contributed by atoms with Gasteiger partial charge in [0.05, 0.1) is 18.5 Å². The Kier molecular flexibility index (Phi) is 7.40. The molecule has 0 bridgehead atoms. The Morgan fingerprint density at radius 1 is 0.970 bits per heavy atom. The second-order valence-electron chi connectivity index (χ2n) is 8.27. The number of ether oxygens (including phenoxy) is 1. The first-order chi connectivity index (χ1) is 16.1. The molecule has 2 amide bonds. The van der Waals surface area contributed by atoms with Crippen molar-refractivity contribution in [1.82, 2.24) is 9.55 Å². The van der Waals surface area contributed by atoms with Crippen molar-refractivity contribution in [3.05, 3.63) is 60.6 Å². The third-order valence-corrected chi connectivity index (χ3v) is 5.81. The molecular formula is C26H30N4O3. The molecule has 0 saturated heterocycles. The number of anilines is 2. The Bertz CT molecular complexity index is 1080. The molecule has 0 radical (unpaired) electrons. The number of imidazole rings is 1. The van der Waals surface area contributed by atoms with E-state index in [0.717, 1.165) is 35.7 Å². The third kappa shape index (κ3) is 6.00. The van der Waals surface area contributed by atoms with Crippen LogP contribution < -0.4 is 15.4 Å². The molecule has 0 aliphatic carbocycles. The second kappa shape index (κ2) is 10.8. The van der Waals surface area contributed by atoms with Gasteiger partial charge >= 0.3 is 0 Å². The number of hydrogen-bond acceptors (Lipinski definition) is 4. The lowest BCUT2D eigenvalue weighted by molar-refractivity contribution is -0.118. The highest BCUT2D eigenvalue weighted by atomic mass is 16.5. The average Bonchev–Trinajstić information content (AvgIpc) is 3.27. The lowest BCUT2D eigenvalue weighted by atomic mass is 10.1.